The summed E-state index contributed by atoms with van der Waals surface area (Å²) in [4.78, 5) is 0.513. The molecule has 0 aliphatic heterocycles. The van der Waals surface area contributed by atoms with E-state index in [1.807, 2.05) is 0 Å². The minimum absolute atomic E-state index is 0.387. The first-order chi connectivity index (χ1) is 5.41. The van der Waals surface area contributed by atoms with Crippen LogP contribution in [0.25, 0.3) is 0 Å². The van der Waals surface area contributed by atoms with Gasteiger partial charge in [0.15, 0.2) is 0 Å². The molecular formula is C6H3Cl5S. The molecule has 0 aromatic heterocycles. The van der Waals surface area contributed by atoms with Gasteiger partial charge in [0.25, 0.3) is 0 Å². The first kappa shape index (κ1) is 11.1. The van der Waals surface area contributed by atoms with Crippen LogP contribution >= 0.6 is 62.9 Å². The summed E-state index contributed by atoms with van der Waals surface area (Å²) in [5, 5.41) is 0.912. The SMILES string of the molecule is Clc1ccc(S(Cl)(Cl)Cl)c(Cl)c1. The van der Waals surface area contributed by atoms with Crippen LogP contribution in [0.15, 0.2) is 23.1 Å². The Bertz CT molecular complexity index is 292. The van der Waals surface area contributed by atoms with Gasteiger partial charge in [-0.05, 0) is 50.2 Å². The maximum Gasteiger partial charge on any atom is 0.0575 e. The molecule has 0 bridgehead atoms. The molecule has 0 unspecified atom stereocenters. The molecule has 0 saturated heterocycles. The summed E-state index contributed by atoms with van der Waals surface area (Å²) in [6.45, 7) is 0. The van der Waals surface area contributed by atoms with Crippen LogP contribution in [0.3, 0.4) is 0 Å². The standard InChI is InChI=1S/C6H3Cl5S/c7-4-1-2-6(5(8)3-4)12(9,10)11/h1-3H. The summed E-state index contributed by atoms with van der Waals surface area (Å²) in [6.07, 6.45) is 0. The van der Waals surface area contributed by atoms with Crippen molar-refractivity contribution in [1.29, 1.82) is 0 Å². The molecule has 1 aromatic carbocycles. The predicted octanol–water partition coefficient (Wildman–Crippen LogP) is 5.62. The van der Waals surface area contributed by atoms with Crippen LogP contribution in [-0.2, 0) is 0 Å². The fourth-order valence-corrected chi connectivity index (χ4v) is 3.49. The lowest BCUT2D eigenvalue weighted by molar-refractivity contribution is 1.47. The third-order valence-electron chi connectivity index (χ3n) is 1.14. The van der Waals surface area contributed by atoms with Crippen molar-refractivity contribution in [3.05, 3.63) is 28.2 Å². The van der Waals surface area contributed by atoms with E-state index in [1.165, 1.54) is 0 Å². The van der Waals surface area contributed by atoms with Crippen LogP contribution in [0.5, 0.6) is 0 Å². The normalized spacial score (nSPS) is 13.1. The van der Waals surface area contributed by atoms with Crippen molar-refractivity contribution in [3.8, 4) is 0 Å². The average Bonchev–Trinajstić information content (AvgIpc) is 1.83. The van der Waals surface area contributed by atoms with Gasteiger partial charge in [-0.15, -0.1) is 0 Å². The van der Waals surface area contributed by atoms with Crippen LogP contribution in [0.2, 0.25) is 10.0 Å². The fraction of sp³-hybridized carbons (Fsp3) is 0. The number of hydrogen-bond donors (Lipinski definition) is 0. The molecule has 0 N–H and O–H groups in total. The second kappa shape index (κ2) is 4.04. The Morgan fingerprint density at radius 1 is 1.00 bits per heavy atom. The van der Waals surface area contributed by atoms with Gasteiger partial charge in [-0.3, -0.25) is 0 Å². The van der Waals surface area contributed by atoms with E-state index in [0.29, 0.717) is 14.9 Å². The topological polar surface area (TPSA) is 0 Å². The van der Waals surface area contributed by atoms with Gasteiger partial charge in [0.2, 0.25) is 0 Å². The van der Waals surface area contributed by atoms with E-state index in [-0.39, 0.29) is 0 Å². The third-order valence-corrected chi connectivity index (χ3v) is 4.15. The fourth-order valence-electron chi connectivity index (χ4n) is 0.663. The van der Waals surface area contributed by atoms with Crippen LogP contribution in [0.1, 0.15) is 0 Å². The van der Waals surface area contributed by atoms with E-state index >= 15 is 0 Å². The minimum atomic E-state index is -2.32. The zero-order valence-corrected chi connectivity index (χ0v) is 10.1. The van der Waals surface area contributed by atoms with E-state index in [9.17, 15) is 0 Å². The highest BCUT2D eigenvalue weighted by Crippen LogP contribution is 2.70. The molecule has 1 rings (SSSR count). The second-order valence-electron chi connectivity index (χ2n) is 1.98. The largest absolute Gasteiger partial charge is 0.0843 e. The molecule has 0 heterocycles. The van der Waals surface area contributed by atoms with Crippen molar-refractivity contribution in [2.45, 2.75) is 4.90 Å². The van der Waals surface area contributed by atoms with Crippen LogP contribution in [0, 0.1) is 0 Å². The highest BCUT2D eigenvalue weighted by atomic mass is 36.2. The monoisotopic (exact) mass is 282 g/mol. The highest BCUT2D eigenvalue weighted by molar-refractivity contribution is 8.79. The molecule has 0 amide bonds. The van der Waals surface area contributed by atoms with E-state index in [4.69, 9.17) is 55.2 Å². The molecule has 0 atom stereocenters. The number of benzene rings is 1. The van der Waals surface area contributed by atoms with Gasteiger partial charge in [0, 0.05) is 17.6 Å². The molecule has 0 aliphatic carbocycles. The van der Waals surface area contributed by atoms with Gasteiger partial charge in [-0.1, -0.05) is 23.2 Å². The predicted molar refractivity (Wildman–Crippen MR) is 59.9 cm³/mol. The summed E-state index contributed by atoms with van der Waals surface area (Å²) in [7, 11) is 14.8. The number of rotatable bonds is 1. The van der Waals surface area contributed by atoms with Crippen LogP contribution < -0.4 is 0 Å². The van der Waals surface area contributed by atoms with Crippen molar-refractivity contribution in [1.82, 2.24) is 0 Å². The van der Waals surface area contributed by atoms with E-state index in [2.05, 4.69) is 0 Å². The Labute approximate surface area is 95.5 Å². The molecule has 0 saturated carbocycles. The zero-order valence-electron chi connectivity index (χ0n) is 5.53. The van der Waals surface area contributed by atoms with Gasteiger partial charge in [0.1, 0.15) is 0 Å². The molecule has 0 radical (unpaired) electrons. The first-order valence-corrected chi connectivity index (χ1v) is 7.65. The van der Waals surface area contributed by atoms with Crippen molar-refractivity contribution in [2.75, 3.05) is 0 Å². The van der Waals surface area contributed by atoms with Gasteiger partial charge in [-0.2, -0.15) is 0 Å². The summed E-state index contributed by atoms with van der Waals surface area (Å²) in [6, 6.07) is 4.80. The average molecular weight is 284 g/mol. The molecule has 12 heavy (non-hydrogen) atoms. The summed E-state index contributed by atoms with van der Waals surface area (Å²) >= 11 is 11.5. The van der Waals surface area contributed by atoms with Crippen molar-refractivity contribution in [2.24, 2.45) is 0 Å². The lowest BCUT2D eigenvalue weighted by Gasteiger charge is -2.16. The molecule has 0 spiro atoms. The Kier molecular flexibility index (Phi) is 3.73. The number of hydrogen-bond acceptors (Lipinski definition) is 0. The molecule has 6 heteroatoms. The van der Waals surface area contributed by atoms with Crippen LogP contribution in [-0.4, -0.2) is 0 Å². The van der Waals surface area contributed by atoms with Gasteiger partial charge < -0.3 is 0 Å². The lowest BCUT2D eigenvalue weighted by Crippen LogP contribution is -1.78. The molecule has 68 valence electrons. The van der Waals surface area contributed by atoms with E-state index < -0.39 is 7.67 Å². The van der Waals surface area contributed by atoms with Crippen molar-refractivity contribution >= 4 is 62.9 Å². The maximum absolute atomic E-state index is 5.80. The zero-order chi connectivity index (χ0) is 9.35. The second-order valence-corrected chi connectivity index (χ2v) is 9.67. The minimum Gasteiger partial charge on any atom is -0.0843 e. The van der Waals surface area contributed by atoms with E-state index in [0.717, 1.165) is 0 Å². The Morgan fingerprint density at radius 3 is 2.00 bits per heavy atom. The molecule has 0 aliphatic rings. The maximum atomic E-state index is 5.80. The molecule has 1 aromatic rings. The quantitative estimate of drug-likeness (QED) is 0.628. The molecular weight excluding hydrogens is 281 g/mol. The van der Waals surface area contributed by atoms with Gasteiger partial charge in [-0.25, -0.2) is 0 Å². The van der Waals surface area contributed by atoms with Crippen molar-refractivity contribution < 1.29 is 0 Å². The van der Waals surface area contributed by atoms with Gasteiger partial charge >= 0.3 is 0 Å². The van der Waals surface area contributed by atoms with Crippen molar-refractivity contribution in [3.63, 3.8) is 0 Å². The molecule has 0 nitrogen and oxygen atoms in total. The smallest absolute Gasteiger partial charge is 0.0575 e. The Hall–Kier alpha value is 1.02. The summed E-state index contributed by atoms with van der Waals surface area (Å²) in [5.74, 6) is 0. The molecule has 0 fully saturated rings. The first-order valence-electron chi connectivity index (χ1n) is 2.78. The third kappa shape index (κ3) is 2.76. The highest BCUT2D eigenvalue weighted by Gasteiger charge is 2.20. The Morgan fingerprint density at radius 2 is 1.58 bits per heavy atom. The summed E-state index contributed by atoms with van der Waals surface area (Å²) in [5.41, 5.74) is 0. The van der Waals surface area contributed by atoms with E-state index in [1.54, 1.807) is 18.2 Å². The van der Waals surface area contributed by atoms with Crippen LogP contribution in [0.4, 0.5) is 0 Å². The lowest BCUT2D eigenvalue weighted by atomic mass is 10.4. The number of halogens is 5. The van der Waals surface area contributed by atoms with Gasteiger partial charge in [0.05, 0.1) is 5.02 Å². The Balaban J connectivity index is 3.19. The summed E-state index contributed by atoms with van der Waals surface area (Å²) < 4.78 is 0.